The first-order valence-electron chi connectivity index (χ1n) is 8.46. The van der Waals surface area contributed by atoms with Gasteiger partial charge in [0.05, 0.1) is 19.6 Å². The van der Waals surface area contributed by atoms with Crippen molar-refractivity contribution in [2.24, 2.45) is 5.92 Å². The molecule has 1 aromatic carbocycles. The van der Waals surface area contributed by atoms with Gasteiger partial charge in [-0.25, -0.2) is 0 Å². The van der Waals surface area contributed by atoms with Gasteiger partial charge in [-0.3, -0.25) is 9.59 Å². The maximum atomic E-state index is 12.6. The maximum Gasteiger partial charge on any atom is 0.310 e. The van der Waals surface area contributed by atoms with Crippen LogP contribution >= 0.6 is 0 Å². The summed E-state index contributed by atoms with van der Waals surface area (Å²) in [5.41, 5.74) is 0.962. The fraction of sp³-hybridized carbons (Fsp3) is 0.579. The van der Waals surface area contributed by atoms with E-state index in [0.29, 0.717) is 0 Å². The molecule has 1 amide bonds. The Labute approximate surface area is 145 Å². The van der Waals surface area contributed by atoms with Gasteiger partial charge >= 0.3 is 5.97 Å². The molecule has 1 N–H and O–H groups in total. The summed E-state index contributed by atoms with van der Waals surface area (Å²) >= 11 is 0. The zero-order valence-electron chi connectivity index (χ0n) is 15.6. The van der Waals surface area contributed by atoms with Crippen molar-refractivity contribution in [3.63, 3.8) is 0 Å². The normalized spacial score (nSPS) is 13.7. The summed E-state index contributed by atoms with van der Waals surface area (Å²) in [5.74, 6) is -0.664. The van der Waals surface area contributed by atoms with E-state index in [2.05, 4.69) is 5.32 Å². The lowest BCUT2D eigenvalue weighted by atomic mass is 9.94. The minimum atomic E-state index is -0.392. The summed E-state index contributed by atoms with van der Waals surface area (Å²) < 4.78 is 4.87. The third kappa shape index (κ3) is 5.34. The summed E-state index contributed by atoms with van der Waals surface area (Å²) in [6.07, 6.45) is 0. The molecule has 0 saturated carbocycles. The molecule has 5 nitrogen and oxygen atoms in total. The number of esters is 1. The molecule has 0 unspecified atom stereocenters. The van der Waals surface area contributed by atoms with Crippen molar-refractivity contribution in [3.8, 4) is 0 Å². The molecule has 0 aliphatic heterocycles. The van der Waals surface area contributed by atoms with Gasteiger partial charge in [0, 0.05) is 18.1 Å². The van der Waals surface area contributed by atoms with Crippen LogP contribution in [0.25, 0.3) is 0 Å². The van der Waals surface area contributed by atoms with Crippen molar-refractivity contribution in [1.82, 2.24) is 10.2 Å². The number of carbonyl (C=O) groups excluding carboxylic acids is 2. The van der Waals surface area contributed by atoms with E-state index in [9.17, 15) is 9.59 Å². The molecule has 0 fully saturated rings. The van der Waals surface area contributed by atoms with Crippen molar-refractivity contribution >= 4 is 11.9 Å². The van der Waals surface area contributed by atoms with Crippen LogP contribution < -0.4 is 5.32 Å². The van der Waals surface area contributed by atoms with E-state index in [1.54, 1.807) is 0 Å². The van der Waals surface area contributed by atoms with Gasteiger partial charge in [-0.1, -0.05) is 37.3 Å². The zero-order chi connectivity index (χ0) is 18.3. The Morgan fingerprint density at radius 3 is 2.04 bits per heavy atom. The first-order chi connectivity index (χ1) is 11.3. The van der Waals surface area contributed by atoms with E-state index in [1.807, 2.05) is 69.9 Å². The van der Waals surface area contributed by atoms with Crippen molar-refractivity contribution in [3.05, 3.63) is 35.9 Å². The predicted molar refractivity (Wildman–Crippen MR) is 95.5 cm³/mol. The number of ether oxygens (including phenoxy) is 1. The second-order valence-electron chi connectivity index (χ2n) is 6.57. The van der Waals surface area contributed by atoms with Crippen LogP contribution in [-0.2, 0) is 14.3 Å². The molecule has 0 heterocycles. The highest BCUT2D eigenvalue weighted by atomic mass is 16.5. The molecule has 134 valence electrons. The number of nitrogens with zero attached hydrogens (tertiary/aromatic N) is 1. The van der Waals surface area contributed by atoms with Gasteiger partial charge in [0.15, 0.2) is 0 Å². The van der Waals surface area contributed by atoms with Crippen LogP contribution in [0.4, 0.5) is 0 Å². The molecular formula is C19H30N2O3. The number of hydrogen-bond donors (Lipinski definition) is 1. The van der Waals surface area contributed by atoms with Crippen LogP contribution in [-0.4, -0.2) is 42.5 Å². The van der Waals surface area contributed by atoms with Gasteiger partial charge in [0.1, 0.15) is 0 Å². The van der Waals surface area contributed by atoms with Gasteiger partial charge < -0.3 is 15.0 Å². The fourth-order valence-electron chi connectivity index (χ4n) is 3.03. The molecule has 0 radical (unpaired) electrons. The molecule has 0 spiro atoms. The Morgan fingerprint density at radius 2 is 1.58 bits per heavy atom. The van der Waals surface area contributed by atoms with E-state index in [0.717, 1.165) is 5.56 Å². The topological polar surface area (TPSA) is 58.6 Å². The van der Waals surface area contributed by atoms with Gasteiger partial charge in [0.2, 0.25) is 5.91 Å². The van der Waals surface area contributed by atoms with E-state index in [-0.39, 0.29) is 36.5 Å². The molecule has 2 atom stereocenters. The molecule has 0 aromatic heterocycles. The molecule has 0 saturated heterocycles. The lowest BCUT2D eigenvalue weighted by Crippen LogP contribution is -2.47. The SMILES string of the molecule is COC(=O)[C@H](C)[C@H](NCC(=O)N(C(C)C)C(C)C)c1ccccc1. The number of rotatable bonds is 8. The number of hydrogen-bond acceptors (Lipinski definition) is 4. The molecule has 1 rings (SSSR count). The minimum Gasteiger partial charge on any atom is -0.469 e. The first-order valence-corrected chi connectivity index (χ1v) is 8.46. The molecule has 0 aliphatic rings. The highest BCUT2D eigenvalue weighted by Gasteiger charge is 2.28. The predicted octanol–water partition coefficient (Wildman–Crippen LogP) is 2.77. The number of methoxy groups -OCH3 is 1. The van der Waals surface area contributed by atoms with Crippen LogP contribution in [0.15, 0.2) is 30.3 Å². The van der Waals surface area contributed by atoms with E-state index in [4.69, 9.17) is 4.74 Å². The van der Waals surface area contributed by atoms with Gasteiger partial charge in [-0.05, 0) is 33.3 Å². The van der Waals surface area contributed by atoms with E-state index >= 15 is 0 Å². The summed E-state index contributed by atoms with van der Waals surface area (Å²) in [6, 6.07) is 9.65. The van der Waals surface area contributed by atoms with Crippen LogP contribution in [0.5, 0.6) is 0 Å². The number of nitrogens with one attached hydrogen (secondary N) is 1. The standard InChI is InChI=1S/C19H30N2O3/c1-13(2)21(14(3)4)17(22)12-20-18(15(5)19(23)24-6)16-10-8-7-9-11-16/h7-11,13-15,18,20H,12H2,1-6H3/t15-,18+/m1/s1. The summed E-state index contributed by atoms with van der Waals surface area (Å²) in [6.45, 7) is 10.0. The van der Waals surface area contributed by atoms with Crippen molar-refractivity contribution in [2.45, 2.75) is 52.7 Å². The highest BCUT2D eigenvalue weighted by Crippen LogP contribution is 2.23. The van der Waals surface area contributed by atoms with E-state index < -0.39 is 5.92 Å². The molecule has 1 aromatic rings. The van der Waals surface area contributed by atoms with Crippen molar-refractivity contribution in [2.75, 3.05) is 13.7 Å². The fourth-order valence-corrected chi connectivity index (χ4v) is 3.03. The Morgan fingerprint density at radius 1 is 1.04 bits per heavy atom. The maximum absolute atomic E-state index is 12.6. The molecule has 0 bridgehead atoms. The molecule has 24 heavy (non-hydrogen) atoms. The van der Waals surface area contributed by atoms with Crippen LogP contribution in [0.1, 0.15) is 46.2 Å². The summed E-state index contributed by atoms with van der Waals surface area (Å²) in [5, 5.41) is 3.25. The third-order valence-electron chi connectivity index (χ3n) is 4.11. The summed E-state index contributed by atoms with van der Waals surface area (Å²) in [7, 11) is 1.38. The Bertz CT molecular complexity index is 521. The largest absolute Gasteiger partial charge is 0.469 e. The van der Waals surface area contributed by atoms with Gasteiger partial charge in [-0.2, -0.15) is 0 Å². The van der Waals surface area contributed by atoms with Gasteiger partial charge in [0.25, 0.3) is 0 Å². The third-order valence-corrected chi connectivity index (χ3v) is 4.11. The molecule has 0 aliphatic carbocycles. The average Bonchev–Trinajstić information content (AvgIpc) is 2.54. The lowest BCUT2D eigenvalue weighted by molar-refractivity contribution is -0.146. The van der Waals surface area contributed by atoms with Crippen molar-refractivity contribution < 1.29 is 14.3 Å². The molecule has 5 heteroatoms. The van der Waals surface area contributed by atoms with Crippen LogP contribution in [0, 0.1) is 5.92 Å². The van der Waals surface area contributed by atoms with Gasteiger partial charge in [-0.15, -0.1) is 0 Å². The number of carbonyl (C=O) groups is 2. The van der Waals surface area contributed by atoms with Crippen LogP contribution in [0.2, 0.25) is 0 Å². The molecular weight excluding hydrogens is 304 g/mol. The second-order valence-corrected chi connectivity index (χ2v) is 6.57. The number of amides is 1. The van der Waals surface area contributed by atoms with Crippen molar-refractivity contribution in [1.29, 1.82) is 0 Å². The monoisotopic (exact) mass is 334 g/mol. The summed E-state index contributed by atoms with van der Waals surface area (Å²) in [4.78, 5) is 26.4. The van der Waals surface area contributed by atoms with Crippen LogP contribution in [0.3, 0.4) is 0 Å². The second kappa shape index (κ2) is 9.42. The minimum absolute atomic E-state index is 0.0259. The lowest BCUT2D eigenvalue weighted by Gasteiger charge is -2.32. The highest BCUT2D eigenvalue weighted by molar-refractivity contribution is 5.79. The Balaban J connectivity index is 2.90. The Kier molecular flexibility index (Phi) is 7.92. The Hall–Kier alpha value is -1.88. The first kappa shape index (κ1) is 20.2. The average molecular weight is 334 g/mol. The zero-order valence-corrected chi connectivity index (χ0v) is 15.6. The van der Waals surface area contributed by atoms with E-state index in [1.165, 1.54) is 7.11 Å². The number of benzene rings is 1. The smallest absolute Gasteiger partial charge is 0.310 e. The quantitative estimate of drug-likeness (QED) is 0.743.